The molecule has 1 aliphatic heterocycles. The van der Waals surface area contributed by atoms with Crippen molar-refractivity contribution in [1.29, 1.82) is 0 Å². The van der Waals surface area contributed by atoms with Crippen LogP contribution in [0.1, 0.15) is 26.5 Å². The van der Waals surface area contributed by atoms with Crippen LogP contribution < -0.4 is 10.2 Å². The Kier molecular flexibility index (Phi) is 5.41. The third-order valence-corrected chi connectivity index (χ3v) is 4.55. The molecule has 0 radical (unpaired) electrons. The number of para-hydroxylation sites is 2. The first-order valence-electron chi connectivity index (χ1n) is 8.98. The zero-order valence-corrected chi connectivity index (χ0v) is 16.4. The third kappa shape index (κ3) is 3.93. The van der Waals surface area contributed by atoms with Crippen LogP contribution in [-0.2, 0) is 19.1 Å². The van der Waals surface area contributed by atoms with E-state index in [9.17, 15) is 24.5 Å². The molecule has 10 nitrogen and oxygen atoms in total. The summed E-state index contributed by atoms with van der Waals surface area (Å²) in [6, 6.07) is 9.29. The fourth-order valence-corrected chi connectivity index (χ4v) is 2.97. The summed E-state index contributed by atoms with van der Waals surface area (Å²) in [6.07, 6.45) is 1.00. The van der Waals surface area contributed by atoms with Crippen molar-refractivity contribution in [3.8, 4) is 0 Å². The molecular weight excluding hydrogens is 394 g/mol. The van der Waals surface area contributed by atoms with Crippen molar-refractivity contribution < 1.29 is 28.5 Å². The van der Waals surface area contributed by atoms with Crippen LogP contribution >= 0.6 is 0 Å². The Morgan fingerprint density at radius 2 is 1.97 bits per heavy atom. The fourth-order valence-electron chi connectivity index (χ4n) is 2.97. The summed E-state index contributed by atoms with van der Waals surface area (Å²) in [6.45, 7) is 4.58. The number of fused-ring (bicyclic) bond motifs is 1. The zero-order chi connectivity index (χ0) is 22.1. The molecule has 3 rings (SSSR count). The first-order valence-corrected chi connectivity index (χ1v) is 8.98. The van der Waals surface area contributed by atoms with Gasteiger partial charge in [-0.3, -0.25) is 24.6 Å². The van der Waals surface area contributed by atoms with Crippen LogP contribution in [0, 0.1) is 10.1 Å². The van der Waals surface area contributed by atoms with Crippen molar-refractivity contribution in [1.82, 2.24) is 0 Å². The molecule has 0 spiro atoms. The Balaban J connectivity index is 1.74. The number of ether oxygens (including phenoxy) is 1. The van der Waals surface area contributed by atoms with E-state index in [1.165, 1.54) is 24.0 Å². The van der Waals surface area contributed by atoms with Gasteiger partial charge in [-0.25, -0.2) is 4.79 Å². The number of furan rings is 1. The average Bonchev–Trinajstić information content (AvgIpc) is 3.16. The Morgan fingerprint density at radius 1 is 1.27 bits per heavy atom. The highest BCUT2D eigenvalue weighted by molar-refractivity contribution is 6.15. The quantitative estimate of drug-likeness (QED) is 0.345. The van der Waals surface area contributed by atoms with Gasteiger partial charge in [-0.05, 0) is 45.0 Å². The summed E-state index contributed by atoms with van der Waals surface area (Å²) in [7, 11) is 0. The highest BCUT2D eigenvalue weighted by Crippen LogP contribution is 2.37. The molecule has 1 N–H and O–H groups in total. The second kappa shape index (κ2) is 7.82. The standard InChI is InChI=1S/C20H19N3O7/c1-12(29-17(24)11-9-13-8-10-16(30-13)23(27)28)18(25)22-15-7-5-4-6-14(15)21-19(26)20(22,2)3/h4-12H,1-3H3,(H,21,26)/b11-9+/t12-/m0/s1. The maximum atomic E-state index is 13.1. The van der Waals surface area contributed by atoms with Crippen molar-refractivity contribution in [2.24, 2.45) is 0 Å². The number of nitro groups is 1. The molecule has 1 aromatic carbocycles. The molecule has 1 atom stereocenters. The molecule has 156 valence electrons. The van der Waals surface area contributed by atoms with Crippen LogP contribution in [0.4, 0.5) is 17.3 Å². The molecule has 0 saturated heterocycles. The van der Waals surface area contributed by atoms with Gasteiger partial charge in [0, 0.05) is 6.08 Å². The van der Waals surface area contributed by atoms with Crippen molar-refractivity contribution in [2.45, 2.75) is 32.4 Å². The van der Waals surface area contributed by atoms with Crippen molar-refractivity contribution in [3.05, 3.63) is 58.3 Å². The Hall–Kier alpha value is -3.95. The number of nitrogens with one attached hydrogen (secondary N) is 1. The Morgan fingerprint density at radius 3 is 2.63 bits per heavy atom. The number of carbonyl (C=O) groups is 3. The number of rotatable bonds is 5. The van der Waals surface area contributed by atoms with E-state index in [1.807, 2.05) is 0 Å². The minimum Gasteiger partial charge on any atom is -0.449 e. The third-order valence-electron chi connectivity index (χ3n) is 4.55. The lowest BCUT2D eigenvalue weighted by Gasteiger charge is -2.42. The second-order valence-electron chi connectivity index (χ2n) is 7.05. The molecule has 0 fully saturated rings. The van der Waals surface area contributed by atoms with Gasteiger partial charge in [-0.15, -0.1) is 0 Å². The Labute approximate surface area is 171 Å². The molecule has 10 heteroatoms. The summed E-state index contributed by atoms with van der Waals surface area (Å²) >= 11 is 0. The van der Waals surface area contributed by atoms with Gasteiger partial charge in [0.05, 0.1) is 17.4 Å². The van der Waals surface area contributed by atoms with E-state index in [0.29, 0.717) is 11.4 Å². The van der Waals surface area contributed by atoms with Gasteiger partial charge in [0.25, 0.3) is 5.91 Å². The van der Waals surface area contributed by atoms with Crippen LogP contribution in [0.3, 0.4) is 0 Å². The topological polar surface area (TPSA) is 132 Å². The molecule has 1 aliphatic rings. The minimum absolute atomic E-state index is 0.0837. The summed E-state index contributed by atoms with van der Waals surface area (Å²) in [5.74, 6) is -2.16. The van der Waals surface area contributed by atoms with E-state index >= 15 is 0 Å². The maximum Gasteiger partial charge on any atom is 0.433 e. The molecule has 2 amide bonds. The van der Waals surface area contributed by atoms with Gasteiger partial charge in [0.2, 0.25) is 5.91 Å². The van der Waals surface area contributed by atoms with Gasteiger partial charge < -0.3 is 14.5 Å². The molecule has 0 saturated carbocycles. The molecule has 2 heterocycles. The fraction of sp³-hybridized carbons (Fsp3) is 0.250. The molecule has 0 unspecified atom stereocenters. The monoisotopic (exact) mass is 413 g/mol. The Bertz CT molecular complexity index is 1050. The average molecular weight is 413 g/mol. The van der Waals surface area contributed by atoms with Crippen molar-refractivity contribution in [2.75, 3.05) is 10.2 Å². The van der Waals surface area contributed by atoms with Gasteiger partial charge >= 0.3 is 11.9 Å². The van der Waals surface area contributed by atoms with Crippen LogP contribution in [0.5, 0.6) is 0 Å². The molecule has 0 aliphatic carbocycles. The van der Waals surface area contributed by atoms with Gasteiger partial charge in [0.1, 0.15) is 16.2 Å². The number of carbonyl (C=O) groups excluding carboxylic acids is 3. The predicted octanol–water partition coefficient (Wildman–Crippen LogP) is 2.90. The lowest BCUT2D eigenvalue weighted by Crippen LogP contribution is -2.60. The second-order valence-corrected chi connectivity index (χ2v) is 7.05. The van der Waals surface area contributed by atoms with E-state index in [1.54, 1.807) is 38.1 Å². The molecule has 0 bridgehead atoms. The lowest BCUT2D eigenvalue weighted by molar-refractivity contribution is -0.402. The number of benzene rings is 1. The number of hydrogen-bond acceptors (Lipinski definition) is 7. The highest BCUT2D eigenvalue weighted by atomic mass is 16.6. The maximum absolute atomic E-state index is 13.1. The van der Waals surface area contributed by atoms with Crippen molar-refractivity contribution in [3.63, 3.8) is 0 Å². The van der Waals surface area contributed by atoms with Crippen molar-refractivity contribution >= 4 is 41.1 Å². The number of amides is 2. The summed E-state index contributed by atoms with van der Waals surface area (Å²) in [4.78, 5) is 48.8. The lowest BCUT2D eigenvalue weighted by atomic mass is 9.95. The first kappa shape index (κ1) is 20.8. The number of hydrogen-bond donors (Lipinski definition) is 1. The number of anilines is 2. The molecule has 1 aromatic heterocycles. The molecule has 30 heavy (non-hydrogen) atoms. The van der Waals surface area contributed by atoms with Gasteiger partial charge in [-0.2, -0.15) is 0 Å². The smallest absolute Gasteiger partial charge is 0.433 e. The van der Waals surface area contributed by atoms with Crippen LogP contribution in [-0.4, -0.2) is 34.3 Å². The minimum atomic E-state index is -1.20. The van der Waals surface area contributed by atoms with E-state index < -0.39 is 34.3 Å². The van der Waals surface area contributed by atoms with E-state index in [-0.39, 0.29) is 11.7 Å². The summed E-state index contributed by atoms with van der Waals surface area (Å²) in [5, 5.41) is 13.4. The van der Waals surface area contributed by atoms with E-state index in [0.717, 1.165) is 12.1 Å². The molecular formula is C20H19N3O7. The van der Waals surface area contributed by atoms with E-state index in [4.69, 9.17) is 9.15 Å². The number of esters is 1. The SMILES string of the molecule is C[C@H](OC(=O)/C=C/c1ccc([N+](=O)[O-])o1)C(=O)N1c2ccccc2NC(=O)C1(C)C. The van der Waals surface area contributed by atoms with Gasteiger partial charge in [0.15, 0.2) is 6.10 Å². The van der Waals surface area contributed by atoms with Crippen LogP contribution in [0.2, 0.25) is 0 Å². The summed E-state index contributed by atoms with van der Waals surface area (Å²) in [5.41, 5.74) is -0.226. The molecule has 2 aromatic rings. The summed E-state index contributed by atoms with van der Waals surface area (Å²) < 4.78 is 10.1. The van der Waals surface area contributed by atoms with E-state index in [2.05, 4.69) is 5.32 Å². The van der Waals surface area contributed by atoms with Crippen LogP contribution in [0.15, 0.2) is 46.9 Å². The zero-order valence-electron chi connectivity index (χ0n) is 16.4. The van der Waals surface area contributed by atoms with Gasteiger partial charge in [-0.1, -0.05) is 12.1 Å². The number of nitrogens with zero attached hydrogens (tertiary/aromatic N) is 2. The first-order chi connectivity index (χ1) is 14.1. The highest BCUT2D eigenvalue weighted by Gasteiger charge is 2.45. The normalized spacial score (nSPS) is 16.0. The van der Waals surface area contributed by atoms with Crippen LogP contribution in [0.25, 0.3) is 6.08 Å². The predicted molar refractivity (Wildman–Crippen MR) is 107 cm³/mol. The largest absolute Gasteiger partial charge is 0.449 e.